The Balaban J connectivity index is 1.59. The zero-order valence-electron chi connectivity index (χ0n) is 15.9. The van der Waals surface area contributed by atoms with Crippen LogP contribution >= 0.6 is 11.6 Å². The molecule has 1 N–H and O–H groups in total. The van der Waals surface area contributed by atoms with Crippen LogP contribution in [0.5, 0.6) is 0 Å². The van der Waals surface area contributed by atoms with E-state index in [0.717, 1.165) is 0 Å². The molecule has 0 radical (unpaired) electrons. The molecule has 0 fully saturated rings. The van der Waals surface area contributed by atoms with Gasteiger partial charge in [0.05, 0.1) is 5.02 Å². The summed E-state index contributed by atoms with van der Waals surface area (Å²) in [7, 11) is 0. The number of rotatable bonds is 5. The van der Waals surface area contributed by atoms with Crippen molar-refractivity contribution in [2.45, 2.75) is 26.8 Å². The summed E-state index contributed by atoms with van der Waals surface area (Å²) in [5.74, 6) is 0.0440. The van der Waals surface area contributed by atoms with E-state index in [2.05, 4.69) is 25.8 Å². The predicted octanol–water partition coefficient (Wildman–Crippen LogP) is 4.38. The lowest BCUT2D eigenvalue weighted by atomic mass is 10.1. The molecule has 1 aromatic carbocycles. The SMILES string of the molecule is Cc1onc(-c2ccccc2Cl)c1C(=O)Nc1nnc(-c2ccn(C(C)C)n2)o1. The van der Waals surface area contributed by atoms with E-state index < -0.39 is 5.91 Å². The van der Waals surface area contributed by atoms with E-state index in [1.165, 1.54) is 0 Å². The second kappa shape index (κ2) is 7.51. The van der Waals surface area contributed by atoms with Crippen LogP contribution in [-0.4, -0.2) is 31.0 Å². The number of halogens is 1. The first kappa shape index (κ1) is 18.9. The lowest BCUT2D eigenvalue weighted by molar-refractivity contribution is 0.102. The number of carbonyl (C=O) groups is 1. The molecule has 3 aromatic heterocycles. The van der Waals surface area contributed by atoms with Gasteiger partial charge in [0, 0.05) is 17.8 Å². The first-order chi connectivity index (χ1) is 13.9. The Morgan fingerprint density at radius 3 is 2.72 bits per heavy atom. The predicted molar refractivity (Wildman–Crippen MR) is 106 cm³/mol. The number of aryl methyl sites for hydroxylation is 1. The lowest BCUT2D eigenvalue weighted by Crippen LogP contribution is -2.13. The average Bonchev–Trinajstić information content (AvgIpc) is 3.41. The Labute approximate surface area is 170 Å². The molecule has 0 spiro atoms. The van der Waals surface area contributed by atoms with Crippen molar-refractivity contribution < 1.29 is 13.7 Å². The van der Waals surface area contributed by atoms with Gasteiger partial charge < -0.3 is 8.94 Å². The van der Waals surface area contributed by atoms with Gasteiger partial charge in [-0.2, -0.15) is 5.10 Å². The molecule has 0 atom stereocenters. The molecule has 4 rings (SSSR count). The maximum absolute atomic E-state index is 12.8. The number of carbonyl (C=O) groups excluding carboxylic acids is 1. The standard InChI is InChI=1S/C19H17ClN6O3/c1-10(2)26-9-8-14(24-26)18-22-23-19(28-18)21-17(27)15-11(3)29-25-16(15)12-6-4-5-7-13(12)20/h4-10H,1-3H3,(H,21,23,27). The number of amides is 1. The molecular formula is C19H17ClN6O3. The largest absolute Gasteiger partial charge is 0.401 e. The van der Waals surface area contributed by atoms with E-state index in [4.69, 9.17) is 20.5 Å². The van der Waals surface area contributed by atoms with Crippen LogP contribution in [0.3, 0.4) is 0 Å². The minimum atomic E-state index is -0.499. The maximum atomic E-state index is 12.8. The monoisotopic (exact) mass is 412 g/mol. The number of aromatic nitrogens is 5. The quantitative estimate of drug-likeness (QED) is 0.517. The smallest absolute Gasteiger partial charge is 0.322 e. The topological polar surface area (TPSA) is 112 Å². The number of anilines is 1. The van der Waals surface area contributed by atoms with Crippen molar-refractivity contribution in [2.75, 3.05) is 5.32 Å². The summed E-state index contributed by atoms with van der Waals surface area (Å²) < 4.78 is 12.5. The van der Waals surface area contributed by atoms with Gasteiger partial charge in [-0.25, -0.2) is 0 Å². The van der Waals surface area contributed by atoms with Crippen molar-refractivity contribution in [1.29, 1.82) is 0 Å². The first-order valence-corrected chi connectivity index (χ1v) is 9.23. The van der Waals surface area contributed by atoms with E-state index >= 15 is 0 Å². The van der Waals surface area contributed by atoms with Crippen LogP contribution in [0.1, 0.15) is 36.0 Å². The van der Waals surface area contributed by atoms with E-state index in [0.29, 0.717) is 27.7 Å². The highest BCUT2D eigenvalue weighted by molar-refractivity contribution is 6.33. The van der Waals surface area contributed by atoms with Crippen LogP contribution in [0, 0.1) is 6.92 Å². The van der Waals surface area contributed by atoms with E-state index in [1.54, 1.807) is 41.9 Å². The Morgan fingerprint density at radius 2 is 2.00 bits per heavy atom. The minimum Gasteiger partial charge on any atom is -0.401 e. The number of nitrogens with zero attached hydrogens (tertiary/aromatic N) is 5. The van der Waals surface area contributed by atoms with Crippen LogP contribution in [0.15, 0.2) is 45.5 Å². The van der Waals surface area contributed by atoms with Crippen molar-refractivity contribution >= 4 is 23.5 Å². The molecule has 4 aromatic rings. The normalized spacial score (nSPS) is 11.2. The summed E-state index contributed by atoms with van der Waals surface area (Å²) in [6, 6.07) is 8.96. The summed E-state index contributed by atoms with van der Waals surface area (Å²) in [5.41, 5.74) is 1.68. The van der Waals surface area contributed by atoms with Crippen LogP contribution in [-0.2, 0) is 0 Å². The van der Waals surface area contributed by atoms with Gasteiger partial charge in [-0.1, -0.05) is 40.1 Å². The summed E-state index contributed by atoms with van der Waals surface area (Å²) in [6.45, 7) is 5.66. The lowest BCUT2D eigenvalue weighted by Gasteiger charge is -2.04. The van der Waals surface area contributed by atoms with E-state index in [1.807, 2.05) is 20.0 Å². The van der Waals surface area contributed by atoms with E-state index in [-0.39, 0.29) is 23.5 Å². The second-order valence-electron chi connectivity index (χ2n) is 6.58. The molecule has 10 heteroatoms. The van der Waals surface area contributed by atoms with Crippen LogP contribution in [0.2, 0.25) is 5.02 Å². The molecule has 0 aliphatic heterocycles. The Bertz CT molecular complexity index is 1180. The van der Waals surface area contributed by atoms with Gasteiger partial charge in [-0.05, 0) is 32.9 Å². The summed E-state index contributed by atoms with van der Waals surface area (Å²) in [6.07, 6.45) is 1.82. The van der Waals surface area contributed by atoms with Crippen LogP contribution < -0.4 is 5.32 Å². The van der Waals surface area contributed by atoms with Crippen molar-refractivity contribution in [3.63, 3.8) is 0 Å². The van der Waals surface area contributed by atoms with Gasteiger partial charge in [0.15, 0.2) is 0 Å². The third kappa shape index (κ3) is 3.64. The molecule has 0 aliphatic carbocycles. The van der Waals surface area contributed by atoms with Crippen LogP contribution in [0.4, 0.5) is 6.01 Å². The molecular weight excluding hydrogens is 396 g/mol. The van der Waals surface area contributed by atoms with Gasteiger partial charge in [0.1, 0.15) is 22.7 Å². The number of benzene rings is 1. The van der Waals surface area contributed by atoms with Gasteiger partial charge in [-0.15, -0.1) is 5.10 Å². The fraction of sp³-hybridized carbons (Fsp3) is 0.211. The van der Waals surface area contributed by atoms with Crippen LogP contribution in [0.25, 0.3) is 22.8 Å². The Kier molecular flexibility index (Phi) is 4.89. The highest BCUT2D eigenvalue weighted by Gasteiger charge is 2.24. The number of nitrogens with one attached hydrogen (secondary N) is 1. The zero-order chi connectivity index (χ0) is 20.5. The number of hydrogen-bond donors (Lipinski definition) is 1. The molecule has 148 valence electrons. The van der Waals surface area contributed by atoms with Crippen molar-refractivity contribution in [1.82, 2.24) is 25.1 Å². The average molecular weight is 413 g/mol. The first-order valence-electron chi connectivity index (χ1n) is 8.85. The summed E-state index contributed by atoms with van der Waals surface area (Å²) >= 11 is 6.24. The van der Waals surface area contributed by atoms with Crippen molar-refractivity contribution in [3.05, 3.63) is 52.9 Å². The van der Waals surface area contributed by atoms with Gasteiger partial charge >= 0.3 is 6.01 Å². The number of hydrogen-bond acceptors (Lipinski definition) is 7. The summed E-state index contributed by atoms with van der Waals surface area (Å²) in [5, 5.41) is 19.2. The molecule has 0 unspecified atom stereocenters. The zero-order valence-corrected chi connectivity index (χ0v) is 16.6. The molecule has 9 nitrogen and oxygen atoms in total. The molecule has 0 bridgehead atoms. The molecule has 29 heavy (non-hydrogen) atoms. The highest BCUT2D eigenvalue weighted by atomic mass is 35.5. The highest BCUT2D eigenvalue weighted by Crippen LogP contribution is 2.31. The molecule has 0 saturated carbocycles. The third-order valence-electron chi connectivity index (χ3n) is 4.22. The van der Waals surface area contributed by atoms with E-state index in [9.17, 15) is 4.79 Å². The summed E-state index contributed by atoms with van der Waals surface area (Å²) in [4.78, 5) is 12.8. The fourth-order valence-corrected chi connectivity index (χ4v) is 2.98. The van der Waals surface area contributed by atoms with Crippen molar-refractivity contribution in [3.8, 4) is 22.8 Å². The molecule has 0 aliphatic rings. The van der Waals surface area contributed by atoms with Crippen molar-refractivity contribution in [2.24, 2.45) is 0 Å². The van der Waals surface area contributed by atoms with Gasteiger partial charge in [-0.3, -0.25) is 14.8 Å². The Hall–Kier alpha value is -3.46. The molecule has 1 amide bonds. The fourth-order valence-electron chi connectivity index (χ4n) is 2.75. The third-order valence-corrected chi connectivity index (χ3v) is 4.55. The maximum Gasteiger partial charge on any atom is 0.322 e. The van der Waals surface area contributed by atoms with Gasteiger partial charge in [0.2, 0.25) is 0 Å². The molecule has 0 saturated heterocycles. The second-order valence-corrected chi connectivity index (χ2v) is 6.99. The minimum absolute atomic E-state index is 0.0604. The molecule has 3 heterocycles. The Morgan fingerprint density at radius 1 is 1.21 bits per heavy atom. The van der Waals surface area contributed by atoms with Gasteiger partial charge in [0.25, 0.3) is 11.8 Å².